The second-order valence-corrected chi connectivity index (χ2v) is 11.3. The van der Waals surface area contributed by atoms with E-state index >= 15 is 0 Å². The molecule has 3 aromatic rings. The second-order valence-electron chi connectivity index (χ2n) is 10.2. The molecule has 2 aromatic heterocycles. The molecule has 2 N–H and O–H groups in total. The van der Waals surface area contributed by atoms with Crippen LogP contribution in [0.3, 0.4) is 0 Å². The van der Waals surface area contributed by atoms with E-state index < -0.39 is 25.2 Å². The fraction of sp³-hybridized carbons (Fsp3) is 0.464. The number of piperidine rings is 1. The Kier molecular flexibility index (Phi) is 9.03. The zero-order valence-corrected chi connectivity index (χ0v) is 23.5. The SMILES string of the molecule is COc1ccc(-c2nc(NC(=O)c3cnc(N4CCC(C(=O)O)CC4)cn3)sc2CN2CCC[C@H]2CF)cc1CF. The fourth-order valence-corrected chi connectivity index (χ4v) is 6.35. The first-order valence-electron chi connectivity index (χ1n) is 13.5. The summed E-state index contributed by atoms with van der Waals surface area (Å²) in [5, 5.41) is 12.3. The number of methoxy groups -OCH3 is 1. The molecule has 1 amide bonds. The molecule has 2 fully saturated rings. The quantitative estimate of drug-likeness (QED) is 0.352. The van der Waals surface area contributed by atoms with Crippen molar-refractivity contribution in [1.29, 1.82) is 0 Å². The summed E-state index contributed by atoms with van der Waals surface area (Å²) in [5.74, 6) is -0.601. The van der Waals surface area contributed by atoms with Crippen LogP contribution in [0, 0.1) is 5.92 Å². The molecule has 2 aliphatic rings. The molecule has 5 rings (SSSR count). The highest BCUT2D eigenvalue weighted by Crippen LogP contribution is 2.36. The number of carbonyl (C=O) groups is 2. The van der Waals surface area contributed by atoms with Gasteiger partial charge in [0.1, 0.15) is 30.6 Å². The molecule has 0 saturated carbocycles. The Hall–Kier alpha value is -3.71. The second kappa shape index (κ2) is 12.9. The van der Waals surface area contributed by atoms with Gasteiger partial charge in [-0.2, -0.15) is 0 Å². The monoisotopic (exact) mass is 586 g/mol. The van der Waals surface area contributed by atoms with Gasteiger partial charge in [0.15, 0.2) is 5.13 Å². The zero-order valence-electron chi connectivity index (χ0n) is 22.7. The number of carboxylic acids is 1. The fourth-order valence-electron chi connectivity index (χ4n) is 5.35. The van der Waals surface area contributed by atoms with Gasteiger partial charge in [-0.25, -0.2) is 23.7 Å². The number of aromatic nitrogens is 3. The highest BCUT2D eigenvalue weighted by Gasteiger charge is 2.28. The van der Waals surface area contributed by atoms with E-state index in [0.29, 0.717) is 66.0 Å². The topological polar surface area (TPSA) is 121 Å². The Morgan fingerprint density at radius 3 is 2.61 bits per heavy atom. The third-order valence-corrected chi connectivity index (χ3v) is 8.63. The molecule has 0 bridgehead atoms. The number of anilines is 2. The lowest BCUT2D eigenvalue weighted by Gasteiger charge is -2.30. The zero-order chi connectivity index (χ0) is 28.9. The highest BCUT2D eigenvalue weighted by molar-refractivity contribution is 7.16. The van der Waals surface area contributed by atoms with Crippen LogP contribution in [-0.2, 0) is 18.0 Å². The number of hydrogen-bond donors (Lipinski definition) is 2. The van der Waals surface area contributed by atoms with Crippen LogP contribution < -0.4 is 15.0 Å². The Morgan fingerprint density at radius 2 is 1.95 bits per heavy atom. The van der Waals surface area contributed by atoms with Crippen LogP contribution in [0.15, 0.2) is 30.6 Å². The summed E-state index contributed by atoms with van der Waals surface area (Å²) in [4.78, 5) is 42.5. The van der Waals surface area contributed by atoms with Crippen molar-refractivity contribution in [3.8, 4) is 17.0 Å². The van der Waals surface area contributed by atoms with Crippen LogP contribution in [0.25, 0.3) is 11.3 Å². The maximum absolute atomic E-state index is 13.7. The molecule has 0 radical (unpaired) electrons. The van der Waals surface area contributed by atoms with Gasteiger partial charge in [-0.3, -0.25) is 19.8 Å². The molecule has 41 heavy (non-hydrogen) atoms. The lowest BCUT2D eigenvalue weighted by molar-refractivity contribution is -0.142. The maximum atomic E-state index is 13.7. The first-order valence-corrected chi connectivity index (χ1v) is 14.4. The number of amides is 1. The number of halogens is 2. The van der Waals surface area contributed by atoms with Crippen LogP contribution in [0.4, 0.5) is 19.7 Å². The standard InChI is InChI=1S/C28H32F2N6O4S/c1-40-22-5-4-18(11-19(22)12-29)25-23(16-36-8-2-3-20(36)13-30)41-28(33-25)34-26(37)21-14-32-24(15-31-21)35-9-6-17(7-10-35)27(38)39/h4-5,11,14-15,17,20H,2-3,6-10,12-13,16H2,1H3,(H,38,39)(H,33,34,37)/t20-/m0/s1. The van der Waals surface area contributed by atoms with E-state index in [1.54, 1.807) is 18.2 Å². The Labute approximate surface area is 240 Å². The number of nitrogens with zero attached hydrogens (tertiary/aromatic N) is 5. The normalized spacial score (nSPS) is 18.0. The van der Waals surface area contributed by atoms with E-state index in [-0.39, 0.29) is 17.7 Å². The molecule has 1 atom stereocenters. The van der Waals surface area contributed by atoms with Crippen molar-refractivity contribution in [2.24, 2.45) is 5.92 Å². The maximum Gasteiger partial charge on any atom is 0.306 e. The number of carboxylic acid groups (broad SMARTS) is 1. The van der Waals surface area contributed by atoms with Gasteiger partial charge in [-0.1, -0.05) is 11.3 Å². The van der Waals surface area contributed by atoms with Gasteiger partial charge < -0.3 is 14.7 Å². The number of hydrogen-bond acceptors (Lipinski definition) is 9. The Bertz CT molecular complexity index is 1380. The van der Waals surface area contributed by atoms with Crippen LogP contribution in [0.5, 0.6) is 5.75 Å². The lowest BCUT2D eigenvalue weighted by atomic mass is 9.97. The van der Waals surface area contributed by atoms with Gasteiger partial charge in [0.05, 0.1) is 31.1 Å². The van der Waals surface area contributed by atoms with Crippen LogP contribution in [0.2, 0.25) is 0 Å². The summed E-state index contributed by atoms with van der Waals surface area (Å²) < 4.78 is 32.6. The van der Waals surface area contributed by atoms with E-state index in [4.69, 9.17) is 4.74 Å². The average Bonchev–Trinajstić information content (AvgIpc) is 3.63. The number of thiazole rings is 1. The van der Waals surface area contributed by atoms with Crippen molar-refractivity contribution >= 4 is 34.2 Å². The minimum Gasteiger partial charge on any atom is -0.496 e. The van der Waals surface area contributed by atoms with Gasteiger partial charge in [-0.05, 0) is 50.4 Å². The third-order valence-electron chi connectivity index (χ3n) is 7.68. The molecular formula is C28H32F2N6O4S. The van der Waals surface area contributed by atoms with Crippen molar-refractivity contribution in [1.82, 2.24) is 19.9 Å². The van der Waals surface area contributed by atoms with Crippen molar-refractivity contribution < 1.29 is 28.2 Å². The summed E-state index contributed by atoms with van der Waals surface area (Å²) in [6.45, 7) is 1.19. The number of ether oxygens (including phenoxy) is 1. The van der Waals surface area contributed by atoms with E-state index in [9.17, 15) is 23.5 Å². The van der Waals surface area contributed by atoms with E-state index in [2.05, 4.69) is 25.2 Å². The van der Waals surface area contributed by atoms with Gasteiger partial charge in [0.2, 0.25) is 0 Å². The van der Waals surface area contributed by atoms with Crippen LogP contribution in [-0.4, -0.2) is 76.3 Å². The molecule has 1 aromatic carbocycles. The number of carbonyl (C=O) groups excluding carboxylic acids is 1. The number of aliphatic carboxylic acids is 1. The molecule has 0 aliphatic carbocycles. The smallest absolute Gasteiger partial charge is 0.306 e. The van der Waals surface area contributed by atoms with Crippen LogP contribution >= 0.6 is 11.3 Å². The third kappa shape index (κ3) is 6.46. The van der Waals surface area contributed by atoms with Gasteiger partial charge in [0, 0.05) is 41.7 Å². The molecule has 13 heteroatoms. The Balaban J connectivity index is 1.34. The molecule has 0 spiro atoms. The number of likely N-dealkylation sites (tertiary alicyclic amines) is 1. The van der Waals surface area contributed by atoms with Crippen molar-refractivity contribution in [2.75, 3.05) is 43.6 Å². The molecule has 4 heterocycles. The molecule has 2 saturated heterocycles. The predicted molar refractivity (Wildman–Crippen MR) is 151 cm³/mol. The largest absolute Gasteiger partial charge is 0.496 e. The number of nitrogens with one attached hydrogen (secondary N) is 1. The molecule has 0 unspecified atom stereocenters. The van der Waals surface area contributed by atoms with Crippen molar-refractivity contribution in [2.45, 2.75) is 44.9 Å². The van der Waals surface area contributed by atoms with Crippen LogP contribution in [0.1, 0.15) is 46.6 Å². The average molecular weight is 587 g/mol. The van der Waals surface area contributed by atoms with Crippen molar-refractivity contribution in [3.05, 3.63) is 46.7 Å². The van der Waals surface area contributed by atoms with E-state index in [1.807, 2.05) is 4.90 Å². The molecular weight excluding hydrogens is 554 g/mol. The van der Waals surface area contributed by atoms with Gasteiger partial charge in [0.25, 0.3) is 5.91 Å². The minimum absolute atomic E-state index is 0.105. The number of alkyl halides is 2. The molecule has 218 valence electrons. The van der Waals surface area contributed by atoms with E-state index in [0.717, 1.165) is 24.3 Å². The molecule has 2 aliphatic heterocycles. The first-order chi connectivity index (χ1) is 19.9. The predicted octanol–water partition coefficient (Wildman–Crippen LogP) is 4.57. The van der Waals surface area contributed by atoms with Crippen molar-refractivity contribution in [3.63, 3.8) is 0 Å². The summed E-state index contributed by atoms with van der Waals surface area (Å²) in [6, 6.07) is 5.00. The summed E-state index contributed by atoms with van der Waals surface area (Å²) >= 11 is 1.29. The highest BCUT2D eigenvalue weighted by atomic mass is 32.1. The lowest BCUT2D eigenvalue weighted by Crippen LogP contribution is -2.36. The van der Waals surface area contributed by atoms with Gasteiger partial charge in [-0.15, -0.1) is 0 Å². The summed E-state index contributed by atoms with van der Waals surface area (Å²) in [6.07, 6.45) is 5.64. The molecule has 10 nitrogen and oxygen atoms in total. The summed E-state index contributed by atoms with van der Waals surface area (Å²) in [7, 11) is 1.48. The first kappa shape index (κ1) is 28.8. The minimum atomic E-state index is -0.784. The number of benzene rings is 1. The van der Waals surface area contributed by atoms with E-state index in [1.165, 1.54) is 30.8 Å². The summed E-state index contributed by atoms with van der Waals surface area (Å²) in [5.41, 5.74) is 1.77. The number of rotatable bonds is 10. The Morgan fingerprint density at radius 1 is 1.15 bits per heavy atom. The van der Waals surface area contributed by atoms with Gasteiger partial charge >= 0.3 is 5.97 Å².